The second-order valence-electron chi connectivity index (χ2n) is 5.99. The summed E-state index contributed by atoms with van der Waals surface area (Å²) >= 11 is 6.17. The summed E-state index contributed by atoms with van der Waals surface area (Å²) in [7, 11) is 1.75. The van der Waals surface area contributed by atoms with Gasteiger partial charge in [-0.1, -0.05) is 78.3 Å². The number of benzene rings is 3. The maximum Gasteiger partial charge on any atom is 0.260 e. The summed E-state index contributed by atoms with van der Waals surface area (Å²) in [4.78, 5) is 14.1. The summed E-state index contributed by atoms with van der Waals surface area (Å²) in [6, 6.07) is 25.2. The highest BCUT2D eigenvalue weighted by atomic mass is 35.5. The molecule has 0 aliphatic carbocycles. The first-order valence-electron chi connectivity index (χ1n) is 8.40. The van der Waals surface area contributed by atoms with E-state index in [4.69, 9.17) is 16.3 Å². The molecule has 0 radical (unpaired) electrons. The van der Waals surface area contributed by atoms with E-state index in [0.717, 1.165) is 16.7 Å². The standard InChI is InChI=1S/C22H20ClNO2/c1-24(15-18-11-5-7-13-20(18)23)22(25)16-26-21-14-8-6-12-19(21)17-9-3-2-4-10-17/h2-14H,15-16H2,1H3. The van der Waals surface area contributed by atoms with Gasteiger partial charge in [0.1, 0.15) is 5.75 Å². The molecule has 26 heavy (non-hydrogen) atoms. The van der Waals surface area contributed by atoms with Crippen LogP contribution in [0.25, 0.3) is 11.1 Å². The minimum Gasteiger partial charge on any atom is -0.483 e. The Hall–Kier alpha value is -2.78. The lowest BCUT2D eigenvalue weighted by atomic mass is 10.1. The number of para-hydroxylation sites is 1. The van der Waals surface area contributed by atoms with E-state index >= 15 is 0 Å². The highest BCUT2D eigenvalue weighted by Gasteiger charge is 2.13. The summed E-state index contributed by atoms with van der Waals surface area (Å²) in [5.41, 5.74) is 2.93. The topological polar surface area (TPSA) is 29.5 Å². The van der Waals surface area contributed by atoms with Crippen LogP contribution < -0.4 is 4.74 Å². The quantitative estimate of drug-likeness (QED) is 0.612. The van der Waals surface area contributed by atoms with Gasteiger partial charge in [0.05, 0.1) is 0 Å². The first-order chi connectivity index (χ1) is 12.6. The van der Waals surface area contributed by atoms with Crippen molar-refractivity contribution in [2.45, 2.75) is 6.54 Å². The fourth-order valence-corrected chi connectivity index (χ4v) is 2.86. The number of carbonyl (C=O) groups is 1. The molecule has 4 heteroatoms. The Kier molecular flexibility index (Phi) is 5.92. The predicted molar refractivity (Wildman–Crippen MR) is 105 cm³/mol. The summed E-state index contributed by atoms with van der Waals surface area (Å²) in [5.74, 6) is 0.589. The lowest BCUT2D eigenvalue weighted by Crippen LogP contribution is -2.31. The third-order valence-electron chi connectivity index (χ3n) is 4.11. The maximum atomic E-state index is 12.4. The average molecular weight is 366 g/mol. The van der Waals surface area contributed by atoms with Crippen LogP contribution in [0.4, 0.5) is 0 Å². The molecule has 0 aliphatic rings. The number of carbonyl (C=O) groups excluding carboxylic acids is 1. The third kappa shape index (κ3) is 4.44. The minimum absolute atomic E-state index is 0.0230. The highest BCUT2D eigenvalue weighted by molar-refractivity contribution is 6.31. The largest absolute Gasteiger partial charge is 0.483 e. The molecule has 0 unspecified atom stereocenters. The van der Waals surface area contributed by atoms with Crippen molar-refractivity contribution >= 4 is 17.5 Å². The van der Waals surface area contributed by atoms with Crippen molar-refractivity contribution in [1.82, 2.24) is 4.90 Å². The Balaban J connectivity index is 1.66. The number of rotatable bonds is 6. The van der Waals surface area contributed by atoms with Crippen molar-refractivity contribution < 1.29 is 9.53 Å². The van der Waals surface area contributed by atoms with E-state index in [1.165, 1.54) is 0 Å². The van der Waals surface area contributed by atoms with Gasteiger partial charge in [0.2, 0.25) is 0 Å². The number of nitrogens with zero attached hydrogens (tertiary/aromatic N) is 1. The predicted octanol–water partition coefficient (Wildman–Crippen LogP) is 5.04. The number of likely N-dealkylation sites (N-methyl/N-ethyl adjacent to an activating group) is 1. The van der Waals surface area contributed by atoms with Crippen LogP contribution >= 0.6 is 11.6 Å². The Morgan fingerprint density at radius 3 is 2.35 bits per heavy atom. The van der Waals surface area contributed by atoms with Crippen LogP contribution in [0.3, 0.4) is 0 Å². The van der Waals surface area contributed by atoms with Crippen LogP contribution in [0.2, 0.25) is 5.02 Å². The van der Waals surface area contributed by atoms with E-state index in [1.54, 1.807) is 11.9 Å². The normalized spacial score (nSPS) is 10.4. The van der Waals surface area contributed by atoms with Crippen LogP contribution in [-0.4, -0.2) is 24.5 Å². The van der Waals surface area contributed by atoms with Gasteiger partial charge in [0.15, 0.2) is 6.61 Å². The smallest absolute Gasteiger partial charge is 0.260 e. The molecule has 3 nitrogen and oxygen atoms in total. The van der Waals surface area contributed by atoms with Crippen molar-refractivity contribution in [3.63, 3.8) is 0 Å². The van der Waals surface area contributed by atoms with Crippen LogP contribution in [0.5, 0.6) is 5.75 Å². The summed E-state index contributed by atoms with van der Waals surface area (Å²) in [6.07, 6.45) is 0. The molecule has 0 aliphatic heterocycles. The summed E-state index contributed by atoms with van der Waals surface area (Å²) in [5, 5.41) is 0.655. The molecule has 0 N–H and O–H groups in total. The number of hydrogen-bond donors (Lipinski definition) is 0. The Morgan fingerprint density at radius 1 is 0.923 bits per heavy atom. The van der Waals surface area contributed by atoms with Crippen molar-refractivity contribution in [3.8, 4) is 16.9 Å². The van der Waals surface area contributed by atoms with Gasteiger partial charge in [0, 0.05) is 24.2 Å². The molecule has 3 rings (SSSR count). The number of amides is 1. The molecule has 0 bridgehead atoms. The van der Waals surface area contributed by atoms with Crippen molar-refractivity contribution in [1.29, 1.82) is 0 Å². The van der Waals surface area contributed by atoms with Gasteiger partial charge in [-0.3, -0.25) is 4.79 Å². The van der Waals surface area contributed by atoms with E-state index in [1.807, 2.05) is 78.9 Å². The maximum absolute atomic E-state index is 12.4. The highest BCUT2D eigenvalue weighted by Crippen LogP contribution is 2.29. The molecule has 132 valence electrons. The molecular weight excluding hydrogens is 346 g/mol. The van der Waals surface area contributed by atoms with Gasteiger partial charge in [0.25, 0.3) is 5.91 Å². The monoisotopic (exact) mass is 365 g/mol. The van der Waals surface area contributed by atoms with Gasteiger partial charge in [-0.2, -0.15) is 0 Å². The van der Waals surface area contributed by atoms with Gasteiger partial charge >= 0.3 is 0 Å². The SMILES string of the molecule is CN(Cc1ccccc1Cl)C(=O)COc1ccccc1-c1ccccc1. The lowest BCUT2D eigenvalue weighted by molar-refractivity contribution is -0.132. The second-order valence-corrected chi connectivity index (χ2v) is 6.40. The van der Waals surface area contributed by atoms with Gasteiger partial charge in [-0.05, 0) is 23.3 Å². The zero-order chi connectivity index (χ0) is 18.4. The van der Waals surface area contributed by atoms with Crippen molar-refractivity contribution in [2.75, 3.05) is 13.7 Å². The third-order valence-corrected chi connectivity index (χ3v) is 4.48. The Labute approximate surface area is 158 Å². The minimum atomic E-state index is -0.104. The lowest BCUT2D eigenvalue weighted by Gasteiger charge is -2.19. The summed E-state index contributed by atoms with van der Waals surface area (Å²) < 4.78 is 5.82. The molecule has 0 aromatic heterocycles. The first-order valence-corrected chi connectivity index (χ1v) is 8.77. The van der Waals surface area contributed by atoms with Crippen molar-refractivity contribution in [3.05, 3.63) is 89.4 Å². The molecule has 3 aromatic carbocycles. The molecule has 0 spiro atoms. The zero-order valence-corrected chi connectivity index (χ0v) is 15.3. The number of hydrogen-bond acceptors (Lipinski definition) is 2. The number of ether oxygens (including phenoxy) is 1. The molecule has 0 heterocycles. The van der Waals surface area contributed by atoms with Gasteiger partial charge < -0.3 is 9.64 Å². The molecule has 1 amide bonds. The van der Waals surface area contributed by atoms with E-state index in [0.29, 0.717) is 17.3 Å². The first kappa shape index (κ1) is 18.0. The van der Waals surface area contributed by atoms with E-state index in [2.05, 4.69) is 0 Å². The fourth-order valence-electron chi connectivity index (χ4n) is 2.67. The molecule has 3 aromatic rings. The number of halogens is 1. The van der Waals surface area contributed by atoms with Gasteiger partial charge in [-0.25, -0.2) is 0 Å². The van der Waals surface area contributed by atoms with Crippen LogP contribution in [0.15, 0.2) is 78.9 Å². The van der Waals surface area contributed by atoms with Gasteiger partial charge in [-0.15, -0.1) is 0 Å². The van der Waals surface area contributed by atoms with E-state index in [-0.39, 0.29) is 12.5 Å². The van der Waals surface area contributed by atoms with Crippen LogP contribution in [0.1, 0.15) is 5.56 Å². The van der Waals surface area contributed by atoms with Crippen LogP contribution in [0, 0.1) is 0 Å². The Bertz CT molecular complexity index is 880. The second kappa shape index (κ2) is 8.54. The molecular formula is C22H20ClNO2. The molecule has 0 saturated heterocycles. The average Bonchev–Trinajstić information content (AvgIpc) is 2.68. The van der Waals surface area contributed by atoms with E-state index in [9.17, 15) is 4.79 Å². The zero-order valence-electron chi connectivity index (χ0n) is 14.6. The summed E-state index contributed by atoms with van der Waals surface area (Å²) in [6.45, 7) is 0.424. The molecule has 0 saturated carbocycles. The van der Waals surface area contributed by atoms with Crippen molar-refractivity contribution in [2.24, 2.45) is 0 Å². The van der Waals surface area contributed by atoms with Crippen LogP contribution in [-0.2, 0) is 11.3 Å². The molecule has 0 fully saturated rings. The Morgan fingerprint density at radius 2 is 1.58 bits per heavy atom. The fraction of sp³-hybridized carbons (Fsp3) is 0.136. The molecule has 0 atom stereocenters. The van der Waals surface area contributed by atoms with E-state index < -0.39 is 0 Å².